The number of nitrogens with one attached hydrogen (secondary N) is 1. The van der Waals surface area contributed by atoms with E-state index in [2.05, 4.69) is 10.3 Å². The molecule has 0 bridgehead atoms. The van der Waals surface area contributed by atoms with E-state index in [0.717, 1.165) is 5.82 Å². The highest BCUT2D eigenvalue weighted by atomic mass is 16.2. The molecule has 100 valence electrons. The fraction of sp³-hybridized carbons (Fsp3) is 0.308. The highest BCUT2D eigenvalue weighted by Crippen LogP contribution is 1.94. The Balaban J connectivity index is 1.97. The van der Waals surface area contributed by atoms with Gasteiger partial charge in [0.2, 0.25) is 0 Å². The second-order valence-electron chi connectivity index (χ2n) is 4.26. The second kappa shape index (κ2) is 5.51. The summed E-state index contributed by atoms with van der Waals surface area (Å²) in [7, 11) is 1.62. The van der Waals surface area contributed by atoms with Gasteiger partial charge in [-0.15, -0.1) is 0 Å². The van der Waals surface area contributed by atoms with Crippen LogP contribution in [0.25, 0.3) is 0 Å². The van der Waals surface area contributed by atoms with Gasteiger partial charge in [-0.1, -0.05) is 0 Å². The van der Waals surface area contributed by atoms with Crippen LogP contribution in [-0.2, 0) is 13.6 Å². The van der Waals surface area contributed by atoms with Crippen molar-refractivity contribution in [2.45, 2.75) is 13.5 Å². The molecule has 2 rings (SSSR count). The third kappa shape index (κ3) is 2.90. The lowest BCUT2D eigenvalue weighted by Gasteiger charge is -2.07. The normalized spacial score (nSPS) is 10.4. The number of aromatic nitrogens is 3. The third-order valence-electron chi connectivity index (χ3n) is 2.93. The molecule has 1 amide bonds. The number of carbonyl (C=O) groups is 1. The van der Waals surface area contributed by atoms with Crippen LogP contribution < -0.4 is 10.9 Å². The molecule has 2 heterocycles. The van der Waals surface area contributed by atoms with Crippen molar-refractivity contribution < 1.29 is 4.79 Å². The van der Waals surface area contributed by atoms with Crippen molar-refractivity contribution in [1.82, 2.24) is 19.4 Å². The summed E-state index contributed by atoms with van der Waals surface area (Å²) < 4.78 is 3.32. The number of imidazole rings is 1. The minimum atomic E-state index is -0.348. The van der Waals surface area contributed by atoms with Gasteiger partial charge >= 0.3 is 0 Å². The maximum atomic E-state index is 11.9. The lowest BCUT2D eigenvalue weighted by molar-refractivity contribution is 0.0950. The molecule has 0 aliphatic heterocycles. The van der Waals surface area contributed by atoms with Crippen molar-refractivity contribution in [3.8, 4) is 0 Å². The zero-order chi connectivity index (χ0) is 13.8. The van der Waals surface area contributed by atoms with Crippen LogP contribution in [-0.4, -0.2) is 26.6 Å². The molecule has 0 fully saturated rings. The Morgan fingerprint density at radius 3 is 2.89 bits per heavy atom. The van der Waals surface area contributed by atoms with Gasteiger partial charge in [0, 0.05) is 38.7 Å². The molecule has 0 aromatic carbocycles. The van der Waals surface area contributed by atoms with Crippen LogP contribution in [0, 0.1) is 6.92 Å². The Bertz CT molecular complexity index is 642. The SMILES string of the molecule is Cc1nccn1CCNC(=O)c1cccn(C)c1=O. The van der Waals surface area contributed by atoms with E-state index >= 15 is 0 Å². The summed E-state index contributed by atoms with van der Waals surface area (Å²) in [5.74, 6) is 0.545. The zero-order valence-corrected chi connectivity index (χ0v) is 11.0. The molecular weight excluding hydrogens is 244 g/mol. The molecular formula is C13H16N4O2. The van der Waals surface area contributed by atoms with Crippen molar-refractivity contribution in [2.75, 3.05) is 6.54 Å². The molecule has 2 aromatic rings. The molecule has 0 spiro atoms. The van der Waals surface area contributed by atoms with Gasteiger partial charge in [-0.3, -0.25) is 9.59 Å². The largest absolute Gasteiger partial charge is 0.350 e. The molecule has 0 unspecified atom stereocenters. The number of amides is 1. The van der Waals surface area contributed by atoms with Gasteiger partial charge in [-0.2, -0.15) is 0 Å². The first kappa shape index (κ1) is 13.1. The van der Waals surface area contributed by atoms with Crippen molar-refractivity contribution in [3.05, 3.63) is 52.5 Å². The van der Waals surface area contributed by atoms with Crippen LogP contribution in [0.1, 0.15) is 16.2 Å². The van der Waals surface area contributed by atoms with Gasteiger partial charge in [-0.25, -0.2) is 4.98 Å². The number of hydrogen-bond donors (Lipinski definition) is 1. The fourth-order valence-corrected chi connectivity index (χ4v) is 1.80. The Morgan fingerprint density at radius 1 is 1.42 bits per heavy atom. The van der Waals surface area contributed by atoms with Gasteiger partial charge in [0.15, 0.2) is 0 Å². The Kier molecular flexibility index (Phi) is 3.79. The predicted octanol–water partition coefficient (Wildman–Crippen LogP) is 0.320. The fourth-order valence-electron chi connectivity index (χ4n) is 1.80. The van der Waals surface area contributed by atoms with Gasteiger partial charge in [0.05, 0.1) is 0 Å². The van der Waals surface area contributed by atoms with Crippen LogP contribution in [0.15, 0.2) is 35.5 Å². The molecule has 0 radical (unpaired) electrons. The summed E-state index contributed by atoms with van der Waals surface area (Å²) in [4.78, 5) is 27.7. The quantitative estimate of drug-likeness (QED) is 0.860. The average Bonchev–Trinajstić information content (AvgIpc) is 2.78. The number of rotatable bonds is 4. The monoisotopic (exact) mass is 260 g/mol. The second-order valence-corrected chi connectivity index (χ2v) is 4.26. The molecule has 0 aliphatic carbocycles. The number of carbonyl (C=O) groups excluding carboxylic acids is 1. The Morgan fingerprint density at radius 2 is 2.21 bits per heavy atom. The molecule has 6 heteroatoms. The smallest absolute Gasteiger partial charge is 0.263 e. The standard InChI is InChI=1S/C13H16N4O2/c1-10-14-5-8-17(10)9-6-15-12(18)11-4-3-7-16(2)13(11)19/h3-5,7-8H,6,9H2,1-2H3,(H,15,18). The van der Waals surface area contributed by atoms with Crippen molar-refractivity contribution in [2.24, 2.45) is 7.05 Å². The van der Waals surface area contributed by atoms with E-state index in [1.807, 2.05) is 17.7 Å². The summed E-state index contributed by atoms with van der Waals surface area (Å²) in [6.45, 7) is 2.98. The summed E-state index contributed by atoms with van der Waals surface area (Å²) in [6, 6.07) is 3.20. The molecule has 0 aliphatic rings. The van der Waals surface area contributed by atoms with Crippen LogP contribution in [0.4, 0.5) is 0 Å². The minimum Gasteiger partial charge on any atom is -0.350 e. The first-order chi connectivity index (χ1) is 9.09. The Hall–Kier alpha value is -2.37. The van der Waals surface area contributed by atoms with Crippen molar-refractivity contribution in [1.29, 1.82) is 0 Å². The molecule has 19 heavy (non-hydrogen) atoms. The van der Waals surface area contributed by atoms with E-state index in [9.17, 15) is 9.59 Å². The third-order valence-corrected chi connectivity index (χ3v) is 2.93. The van der Waals surface area contributed by atoms with E-state index in [-0.39, 0.29) is 17.0 Å². The maximum absolute atomic E-state index is 11.9. The highest BCUT2D eigenvalue weighted by molar-refractivity contribution is 5.93. The van der Waals surface area contributed by atoms with E-state index < -0.39 is 0 Å². The lowest BCUT2D eigenvalue weighted by Crippen LogP contribution is -2.33. The highest BCUT2D eigenvalue weighted by Gasteiger charge is 2.10. The predicted molar refractivity (Wildman–Crippen MR) is 71.0 cm³/mol. The first-order valence-electron chi connectivity index (χ1n) is 6.01. The van der Waals surface area contributed by atoms with Gasteiger partial charge in [0.1, 0.15) is 11.4 Å². The van der Waals surface area contributed by atoms with E-state index in [4.69, 9.17) is 0 Å². The van der Waals surface area contributed by atoms with Gasteiger partial charge < -0.3 is 14.5 Å². The molecule has 6 nitrogen and oxygen atoms in total. The summed E-state index contributed by atoms with van der Waals surface area (Å²) in [6.07, 6.45) is 5.18. The maximum Gasteiger partial charge on any atom is 0.263 e. The average molecular weight is 260 g/mol. The van der Waals surface area contributed by atoms with E-state index in [1.165, 1.54) is 10.6 Å². The Labute approximate surface area is 110 Å². The van der Waals surface area contributed by atoms with Crippen molar-refractivity contribution >= 4 is 5.91 Å². The van der Waals surface area contributed by atoms with Gasteiger partial charge in [-0.05, 0) is 19.1 Å². The molecule has 0 atom stereocenters. The molecule has 2 aromatic heterocycles. The summed E-state index contributed by atoms with van der Waals surface area (Å²) >= 11 is 0. The van der Waals surface area contributed by atoms with Gasteiger partial charge in [0.25, 0.3) is 11.5 Å². The number of nitrogens with zero attached hydrogens (tertiary/aromatic N) is 3. The van der Waals surface area contributed by atoms with Crippen LogP contribution in [0.5, 0.6) is 0 Å². The summed E-state index contributed by atoms with van der Waals surface area (Å²) in [5.41, 5.74) is -0.133. The van der Waals surface area contributed by atoms with Crippen LogP contribution in [0.3, 0.4) is 0 Å². The summed E-state index contributed by atoms with van der Waals surface area (Å²) in [5, 5.41) is 2.73. The molecule has 0 saturated carbocycles. The number of aryl methyl sites for hydroxylation is 2. The van der Waals surface area contributed by atoms with Crippen LogP contribution >= 0.6 is 0 Å². The zero-order valence-electron chi connectivity index (χ0n) is 11.0. The number of hydrogen-bond acceptors (Lipinski definition) is 3. The van der Waals surface area contributed by atoms with E-state index in [1.54, 1.807) is 25.5 Å². The molecule has 1 N–H and O–H groups in total. The topological polar surface area (TPSA) is 68.9 Å². The van der Waals surface area contributed by atoms with Crippen molar-refractivity contribution in [3.63, 3.8) is 0 Å². The molecule has 0 saturated heterocycles. The van der Waals surface area contributed by atoms with E-state index in [0.29, 0.717) is 13.1 Å². The first-order valence-corrected chi connectivity index (χ1v) is 6.01. The van der Waals surface area contributed by atoms with Crippen LogP contribution in [0.2, 0.25) is 0 Å². The minimum absolute atomic E-state index is 0.160. The number of pyridine rings is 1. The lowest BCUT2D eigenvalue weighted by atomic mass is 10.2.